The van der Waals surface area contributed by atoms with E-state index in [1.165, 1.54) is 0 Å². The van der Waals surface area contributed by atoms with Crippen molar-refractivity contribution in [1.29, 1.82) is 0 Å². The number of anilines is 1. The summed E-state index contributed by atoms with van der Waals surface area (Å²) >= 11 is 6.25. The predicted octanol–water partition coefficient (Wildman–Crippen LogP) is 4.49. The highest BCUT2D eigenvalue weighted by atomic mass is 35.5. The van der Waals surface area contributed by atoms with Crippen LogP contribution >= 0.6 is 11.6 Å². The van der Waals surface area contributed by atoms with Crippen LogP contribution in [0.3, 0.4) is 0 Å². The summed E-state index contributed by atoms with van der Waals surface area (Å²) in [5, 5.41) is 4.05. The molecular weight excluding hydrogens is 270 g/mol. The predicted molar refractivity (Wildman–Crippen MR) is 85.4 cm³/mol. The molecule has 1 aromatic carbocycles. The maximum absolute atomic E-state index is 6.25. The van der Waals surface area contributed by atoms with Crippen LogP contribution in [0.15, 0.2) is 24.3 Å². The van der Waals surface area contributed by atoms with E-state index < -0.39 is 0 Å². The lowest BCUT2D eigenvalue weighted by molar-refractivity contribution is 0.936. The smallest absolute Gasteiger partial charge is 0.163 e. The molecule has 2 rings (SSSR count). The molecule has 1 aromatic heterocycles. The van der Waals surface area contributed by atoms with Crippen LogP contribution < -0.4 is 5.32 Å². The summed E-state index contributed by atoms with van der Waals surface area (Å²) in [4.78, 5) is 9.30. The lowest BCUT2D eigenvalue weighted by atomic mass is 10.1. The molecule has 0 radical (unpaired) electrons. The minimum Gasteiger partial charge on any atom is -0.370 e. The van der Waals surface area contributed by atoms with Gasteiger partial charge in [-0.15, -0.1) is 0 Å². The molecule has 1 N–H and O–H groups in total. The first kappa shape index (κ1) is 14.8. The van der Waals surface area contributed by atoms with Crippen molar-refractivity contribution >= 4 is 17.4 Å². The maximum atomic E-state index is 6.25. The number of rotatable bonds is 5. The largest absolute Gasteiger partial charge is 0.370 e. The van der Waals surface area contributed by atoms with Crippen molar-refractivity contribution in [3.05, 3.63) is 40.5 Å². The van der Waals surface area contributed by atoms with Gasteiger partial charge in [0.15, 0.2) is 5.82 Å². The van der Waals surface area contributed by atoms with Crippen LogP contribution in [0.5, 0.6) is 0 Å². The van der Waals surface area contributed by atoms with Crippen LogP contribution in [0.4, 0.5) is 5.82 Å². The summed E-state index contributed by atoms with van der Waals surface area (Å²) in [5.74, 6) is 1.60. The number of aromatic nitrogens is 2. The minimum atomic E-state index is 0.680. The second-order valence-corrected chi connectivity index (χ2v) is 5.13. The number of hydrogen-bond acceptors (Lipinski definition) is 3. The highest BCUT2D eigenvalue weighted by molar-refractivity contribution is 6.33. The van der Waals surface area contributed by atoms with Crippen molar-refractivity contribution in [3.63, 3.8) is 0 Å². The lowest BCUT2D eigenvalue weighted by Crippen LogP contribution is -2.08. The van der Waals surface area contributed by atoms with Gasteiger partial charge in [0.1, 0.15) is 5.82 Å². The van der Waals surface area contributed by atoms with Crippen molar-refractivity contribution in [2.45, 2.75) is 33.6 Å². The molecule has 0 saturated heterocycles. The highest BCUT2D eigenvalue weighted by Crippen LogP contribution is 2.27. The SMILES string of the molecule is CCCNc1nc(-c2ccccc2Cl)nc(CC)c1C. The summed E-state index contributed by atoms with van der Waals surface area (Å²) in [6.07, 6.45) is 1.94. The molecule has 0 amide bonds. The standard InChI is InChI=1S/C16H20ClN3/c1-4-10-18-15-11(3)14(5-2)19-16(20-15)12-8-6-7-9-13(12)17/h6-9H,4-5,10H2,1-3H3,(H,18,19,20). The van der Waals surface area contributed by atoms with Gasteiger partial charge < -0.3 is 5.32 Å². The summed E-state index contributed by atoms with van der Waals surface area (Å²) in [6, 6.07) is 7.69. The Hall–Kier alpha value is -1.61. The molecule has 0 aliphatic carbocycles. The molecule has 0 spiro atoms. The molecule has 3 nitrogen and oxygen atoms in total. The maximum Gasteiger partial charge on any atom is 0.163 e. The van der Waals surface area contributed by atoms with Gasteiger partial charge in [-0.25, -0.2) is 9.97 Å². The molecule has 20 heavy (non-hydrogen) atoms. The highest BCUT2D eigenvalue weighted by Gasteiger charge is 2.12. The molecule has 0 fully saturated rings. The first-order valence-electron chi connectivity index (χ1n) is 7.03. The van der Waals surface area contributed by atoms with Crippen molar-refractivity contribution in [3.8, 4) is 11.4 Å². The molecule has 0 atom stereocenters. The quantitative estimate of drug-likeness (QED) is 0.881. The molecule has 0 bridgehead atoms. The fourth-order valence-corrected chi connectivity index (χ4v) is 2.31. The Labute approximate surface area is 125 Å². The molecule has 2 aromatic rings. The van der Waals surface area contributed by atoms with Crippen molar-refractivity contribution in [2.75, 3.05) is 11.9 Å². The summed E-state index contributed by atoms with van der Waals surface area (Å²) < 4.78 is 0. The topological polar surface area (TPSA) is 37.8 Å². The average Bonchev–Trinajstić information content (AvgIpc) is 2.47. The van der Waals surface area contributed by atoms with E-state index in [-0.39, 0.29) is 0 Å². The van der Waals surface area contributed by atoms with Gasteiger partial charge in [-0.2, -0.15) is 0 Å². The summed E-state index contributed by atoms with van der Waals surface area (Å²) in [6.45, 7) is 7.21. The Balaban J connectivity index is 2.51. The zero-order chi connectivity index (χ0) is 14.5. The fraction of sp³-hybridized carbons (Fsp3) is 0.375. The molecule has 1 heterocycles. The normalized spacial score (nSPS) is 10.6. The van der Waals surface area contributed by atoms with Crippen LogP contribution in [-0.4, -0.2) is 16.5 Å². The van der Waals surface area contributed by atoms with E-state index in [0.717, 1.165) is 42.0 Å². The van der Waals surface area contributed by atoms with E-state index in [4.69, 9.17) is 11.6 Å². The number of nitrogens with zero attached hydrogens (tertiary/aromatic N) is 2. The van der Waals surface area contributed by atoms with Gasteiger partial charge in [0.2, 0.25) is 0 Å². The van der Waals surface area contributed by atoms with Crippen LogP contribution in [0.2, 0.25) is 5.02 Å². The van der Waals surface area contributed by atoms with Gasteiger partial charge in [0, 0.05) is 23.4 Å². The Morgan fingerprint density at radius 3 is 2.55 bits per heavy atom. The minimum absolute atomic E-state index is 0.680. The van der Waals surface area contributed by atoms with Gasteiger partial charge in [0.05, 0.1) is 5.02 Å². The zero-order valence-corrected chi connectivity index (χ0v) is 13.0. The summed E-state index contributed by atoms with van der Waals surface area (Å²) in [5.41, 5.74) is 3.06. The number of halogens is 1. The molecule has 0 unspecified atom stereocenters. The van der Waals surface area contributed by atoms with Crippen molar-refractivity contribution < 1.29 is 0 Å². The van der Waals surface area contributed by atoms with E-state index in [2.05, 4.69) is 36.1 Å². The molecule has 106 valence electrons. The van der Waals surface area contributed by atoms with Crippen molar-refractivity contribution in [2.24, 2.45) is 0 Å². The Morgan fingerprint density at radius 1 is 1.15 bits per heavy atom. The van der Waals surface area contributed by atoms with E-state index >= 15 is 0 Å². The number of nitrogens with one attached hydrogen (secondary N) is 1. The third-order valence-electron chi connectivity index (χ3n) is 3.24. The molecule has 4 heteroatoms. The van der Waals surface area contributed by atoms with E-state index in [0.29, 0.717) is 10.8 Å². The van der Waals surface area contributed by atoms with Gasteiger partial charge in [0.25, 0.3) is 0 Å². The average molecular weight is 290 g/mol. The molecule has 0 aliphatic heterocycles. The third-order valence-corrected chi connectivity index (χ3v) is 3.57. The fourth-order valence-electron chi connectivity index (χ4n) is 2.09. The van der Waals surface area contributed by atoms with Gasteiger partial charge in [-0.3, -0.25) is 0 Å². The van der Waals surface area contributed by atoms with Crippen LogP contribution in [0, 0.1) is 6.92 Å². The second kappa shape index (κ2) is 6.71. The summed E-state index contributed by atoms with van der Waals surface area (Å²) in [7, 11) is 0. The first-order chi connectivity index (χ1) is 9.67. The Morgan fingerprint density at radius 2 is 1.90 bits per heavy atom. The number of benzene rings is 1. The first-order valence-corrected chi connectivity index (χ1v) is 7.41. The van der Waals surface area contributed by atoms with Gasteiger partial charge in [-0.1, -0.05) is 37.6 Å². The van der Waals surface area contributed by atoms with E-state index in [9.17, 15) is 0 Å². The van der Waals surface area contributed by atoms with Gasteiger partial charge in [-0.05, 0) is 31.9 Å². The Kier molecular flexibility index (Phi) is 4.96. The lowest BCUT2D eigenvalue weighted by Gasteiger charge is -2.13. The number of aryl methyl sites for hydroxylation is 1. The van der Waals surface area contributed by atoms with Crippen LogP contribution in [-0.2, 0) is 6.42 Å². The van der Waals surface area contributed by atoms with E-state index in [1.54, 1.807) is 0 Å². The second-order valence-electron chi connectivity index (χ2n) is 4.73. The van der Waals surface area contributed by atoms with Gasteiger partial charge >= 0.3 is 0 Å². The molecule has 0 saturated carbocycles. The van der Waals surface area contributed by atoms with E-state index in [1.807, 2.05) is 24.3 Å². The van der Waals surface area contributed by atoms with Crippen molar-refractivity contribution in [1.82, 2.24) is 9.97 Å². The number of hydrogen-bond donors (Lipinski definition) is 1. The monoisotopic (exact) mass is 289 g/mol. The third kappa shape index (κ3) is 3.10. The Bertz CT molecular complexity index is 596. The van der Waals surface area contributed by atoms with Crippen LogP contribution in [0.25, 0.3) is 11.4 Å². The van der Waals surface area contributed by atoms with Crippen LogP contribution in [0.1, 0.15) is 31.5 Å². The zero-order valence-electron chi connectivity index (χ0n) is 12.2. The molecule has 0 aliphatic rings. The molecular formula is C16H20ClN3.